The summed E-state index contributed by atoms with van der Waals surface area (Å²) in [6.07, 6.45) is 0.875. The molecule has 0 bridgehead atoms. The number of benzene rings is 2. The molecule has 134 valence electrons. The second kappa shape index (κ2) is 8.21. The molecule has 0 spiro atoms. The average Bonchev–Trinajstić information content (AvgIpc) is 2.99. The summed E-state index contributed by atoms with van der Waals surface area (Å²) in [5.41, 5.74) is 2.60. The highest BCUT2D eigenvalue weighted by Gasteiger charge is 2.15. The number of nitrogens with zero attached hydrogens (tertiary/aromatic N) is 2. The molecule has 0 saturated heterocycles. The van der Waals surface area contributed by atoms with Crippen LogP contribution in [0.25, 0.3) is 11.3 Å². The predicted molar refractivity (Wildman–Crippen MR) is 109 cm³/mol. The summed E-state index contributed by atoms with van der Waals surface area (Å²) < 4.78 is 2.08. The van der Waals surface area contributed by atoms with Gasteiger partial charge in [-0.2, -0.15) is 4.99 Å². The van der Waals surface area contributed by atoms with Crippen LogP contribution in [-0.4, -0.2) is 10.5 Å². The van der Waals surface area contributed by atoms with E-state index in [9.17, 15) is 4.79 Å². The van der Waals surface area contributed by atoms with Crippen molar-refractivity contribution < 1.29 is 4.79 Å². The fourth-order valence-corrected chi connectivity index (χ4v) is 4.44. The number of aryl methyl sites for hydroxylation is 1. The average molecular weight is 405 g/mol. The molecule has 0 radical (unpaired) electrons. The Morgan fingerprint density at radius 2 is 1.85 bits per heavy atom. The van der Waals surface area contributed by atoms with Crippen molar-refractivity contribution in [3.63, 3.8) is 0 Å². The fourth-order valence-electron chi connectivity index (χ4n) is 2.80. The fraction of sp³-hybridized carbons (Fsp3) is 0.200. The molecule has 1 aromatic heterocycles. The first-order valence-electron chi connectivity index (χ1n) is 8.37. The second-order valence-corrected chi connectivity index (χ2v) is 7.57. The highest BCUT2D eigenvalue weighted by Crippen LogP contribution is 2.27. The van der Waals surface area contributed by atoms with E-state index in [0.717, 1.165) is 24.2 Å². The van der Waals surface area contributed by atoms with Gasteiger partial charge in [-0.25, -0.2) is 0 Å². The van der Waals surface area contributed by atoms with Crippen molar-refractivity contribution >= 4 is 40.4 Å². The minimum Gasteiger partial charge on any atom is -0.316 e. The maximum atomic E-state index is 12.7. The van der Waals surface area contributed by atoms with Crippen molar-refractivity contribution in [2.24, 2.45) is 4.99 Å². The maximum absolute atomic E-state index is 12.7. The van der Waals surface area contributed by atoms with E-state index >= 15 is 0 Å². The van der Waals surface area contributed by atoms with Gasteiger partial charge < -0.3 is 4.57 Å². The van der Waals surface area contributed by atoms with Gasteiger partial charge in [-0.3, -0.25) is 4.79 Å². The maximum Gasteiger partial charge on any atom is 0.281 e. The number of hydrogen-bond acceptors (Lipinski definition) is 2. The Hall–Kier alpha value is -1.88. The molecule has 0 aliphatic heterocycles. The Morgan fingerprint density at radius 1 is 1.12 bits per heavy atom. The van der Waals surface area contributed by atoms with Crippen LogP contribution in [0.15, 0.2) is 53.5 Å². The van der Waals surface area contributed by atoms with E-state index in [-0.39, 0.29) is 5.91 Å². The molecule has 0 N–H and O–H groups in total. The molecule has 3 nitrogen and oxygen atoms in total. The van der Waals surface area contributed by atoms with E-state index in [1.54, 1.807) is 29.5 Å². The van der Waals surface area contributed by atoms with E-state index in [4.69, 9.17) is 23.2 Å². The number of amides is 1. The second-order valence-electron chi connectivity index (χ2n) is 5.66. The van der Waals surface area contributed by atoms with Crippen LogP contribution in [0.4, 0.5) is 0 Å². The van der Waals surface area contributed by atoms with E-state index in [1.807, 2.05) is 18.2 Å². The molecular weight excluding hydrogens is 387 g/mol. The van der Waals surface area contributed by atoms with Crippen LogP contribution >= 0.6 is 34.5 Å². The zero-order valence-electron chi connectivity index (χ0n) is 14.5. The van der Waals surface area contributed by atoms with Crippen LogP contribution in [-0.2, 0) is 13.0 Å². The third-order valence-corrected chi connectivity index (χ3v) is 5.79. The van der Waals surface area contributed by atoms with E-state index < -0.39 is 0 Å². The summed E-state index contributed by atoms with van der Waals surface area (Å²) in [6.45, 7) is 4.89. The van der Waals surface area contributed by atoms with Crippen molar-refractivity contribution in [3.05, 3.63) is 73.8 Å². The van der Waals surface area contributed by atoms with Gasteiger partial charge >= 0.3 is 0 Å². The van der Waals surface area contributed by atoms with Gasteiger partial charge in [0, 0.05) is 16.4 Å². The molecule has 26 heavy (non-hydrogen) atoms. The molecule has 1 amide bonds. The number of hydrogen-bond donors (Lipinski definition) is 0. The SMILES string of the molecule is CCc1sc(=NC(=O)c2ccc(Cl)cc2Cl)n(CC)c1-c1ccccc1. The number of halogens is 2. The Morgan fingerprint density at radius 3 is 2.46 bits per heavy atom. The lowest BCUT2D eigenvalue weighted by Gasteiger charge is -2.08. The first-order chi connectivity index (χ1) is 12.5. The summed E-state index contributed by atoms with van der Waals surface area (Å²) in [5.74, 6) is -0.364. The van der Waals surface area contributed by atoms with Gasteiger partial charge in [0.2, 0.25) is 0 Å². The Balaban J connectivity index is 2.15. The van der Waals surface area contributed by atoms with Gasteiger partial charge in [0.25, 0.3) is 5.91 Å². The third-order valence-electron chi connectivity index (χ3n) is 4.02. The molecule has 0 saturated carbocycles. The van der Waals surface area contributed by atoms with Crippen molar-refractivity contribution in [1.29, 1.82) is 0 Å². The van der Waals surface area contributed by atoms with Crippen molar-refractivity contribution in [1.82, 2.24) is 4.57 Å². The van der Waals surface area contributed by atoms with Crippen LogP contribution in [0.3, 0.4) is 0 Å². The van der Waals surface area contributed by atoms with Crippen molar-refractivity contribution in [2.45, 2.75) is 26.8 Å². The molecule has 0 aliphatic rings. The number of carbonyl (C=O) groups is 1. The van der Waals surface area contributed by atoms with Crippen LogP contribution in [0.1, 0.15) is 29.1 Å². The molecule has 2 aromatic carbocycles. The van der Waals surface area contributed by atoms with Crippen molar-refractivity contribution in [2.75, 3.05) is 0 Å². The Labute approximate surface area is 166 Å². The smallest absolute Gasteiger partial charge is 0.281 e. The molecule has 6 heteroatoms. The van der Waals surface area contributed by atoms with Gasteiger partial charge in [-0.15, -0.1) is 11.3 Å². The minimum atomic E-state index is -0.364. The standard InChI is InChI=1S/C20H18Cl2N2OS/c1-3-17-18(13-8-6-5-7-9-13)24(4-2)20(26-17)23-19(25)15-11-10-14(21)12-16(15)22/h5-12H,3-4H2,1-2H3. The Kier molecular flexibility index (Phi) is 5.97. The first-order valence-corrected chi connectivity index (χ1v) is 9.94. The van der Waals surface area contributed by atoms with Gasteiger partial charge in [0.05, 0.1) is 16.3 Å². The summed E-state index contributed by atoms with van der Waals surface area (Å²) >= 11 is 13.6. The number of rotatable bonds is 4. The normalized spacial score (nSPS) is 11.8. The molecule has 0 aliphatic carbocycles. The largest absolute Gasteiger partial charge is 0.316 e. The topological polar surface area (TPSA) is 34.4 Å². The highest BCUT2D eigenvalue weighted by molar-refractivity contribution is 7.09. The summed E-state index contributed by atoms with van der Waals surface area (Å²) in [6, 6.07) is 15.0. The Bertz CT molecular complexity index is 1010. The van der Waals surface area contributed by atoms with Crippen LogP contribution in [0, 0.1) is 0 Å². The zero-order chi connectivity index (χ0) is 18.7. The van der Waals surface area contributed by atoms with E-state index in [0.29, 0.717) is 20.4 Å². The molecule has 1 heterocycles. The molecule has 0 unspecified atom stereocenters. The van der Waals surface area contributed by atoms with Crippen LogP contribution in [0.5, 0.6) is 0 Å². The summed E-state index contributed by atoms with van der Waals surface area (Å²) in [5, 5.41) is 0.802. The monoisotopic (exact) mass is 404 g/mol. The van der Waals surface area contributed by atoms with Gasteiger partial charge in [0.15, 0.2) is 4.80 Å². The van der Waals surface area contributed by atoms with Gasteiger partial charge in [-0.05, 0) is 37.1 Å². The minimum absolute atomic E-state index is 0.310. The molecular formula is C20H18Cl2N2OS. The lowest BCUT2D eigenvalue weighted by molar-refractivity contribution is 0.0998. The molecule has 3 rings (SSSR count). The lowest BCUT2D eigenvalue weighted by Crippen LogP contribution is -2.17. The molecule has 0 fully saturated rings. The van der Waals surface area contributed by atoms with E-state index in [1.165, 1.54) is 4.88 Å². The quantitative estimate of drug-likeness (QED) is 0.536. The predicted octanol–water partition coefficient (Wildman–Crippen LogP) is 5.85. The number of aromatic nitrogens is 1. The lowest BCUT2D eigenvalue weighted by atomic mass is 10.1. The molecule has 0 atom stereocenters. The van der Waals surface area contributed by atoms with Gasteiger partial charge in [-0.1, -0.05) is 60.5 Å². The van der Waals surface area contributed by atoms with Gasteiger partial charge in [0.1, 0.15) is 0 Å². The van der Waals surface area contributed by atoms with E-state index in [2.05, 4.69) is 35.5 Å². The highest BCUT2D eigenvalue weighted by atomic mass is 35.5. The zero-order valence-corrected chi connectivity index (χ0v) is 16.8. The van der Waals surface area contributed by atoms with Crippen molar-refractivity contribution in [3.8, 4) is 11.3 Å². The van der Waals surface area contributed by atoms with Crippen LogP contribution in [0.2, 0.25) is 10.0 Å². The summed E-state index contributed by atoms with van der Waals surface area (Å²) in [7, 11) is 0. The molecule has 3 aromatic rings. The first kappa shape index (κ1) is 18.9. The number of thiazole rings is 1. The summed E-state index contributed by atoms with van der Waals surface area (Å²) in [4.78, 5) is 18.9. The third kappa shape index (κ3) is 3.78. The number of carbonyl (C=O) groups excluding carboxylic acids is 1. The van der Waals surface area contributed by atoms with Crippen LogP contribution < -0.4 is 4.80 Å².